The average molecular weight is 385 g/mol. The summed E-state index contributed by atoms with van der Waals surface area (Å²) in [5.41, 5.74) is 3.36. The molecule has 0 amide bonds. The minimum absolute atomic E-state index is 0.0404. The molecule has 2 N–H and O–H groups in total. The summed E-state index contributed by atoms with van der Waals surface area (Å²) in [5, 5.41) is 12.7. The van der Waals surface area contributed by atoms with Crippen molar-refractivity contribution in [3.05, 3.63) is 66.1 Å². The summed E-state index contributed by atoms with van der Waals surface area (Å²) in [6.07, 6.45) is 2.06. The van der Waals surface area contributed by atoms with E-state index in [1.165, 1.54) is 0 Å². The molecule has 3 aromatic heterocycles. The molecule has 0 spiro atoms. The van der Waals surface area contributed by atoms with Gasteiger partial charge < -0.3 is 9.88 Å². The monoisotopic (exact) mass is 385 g/mol. The molecular formula is C21H19N7O. The van der Waals surface area contributed by atoms with Crippen molar-refractivity contribution in [3.63, 3.8) is 0 Å². The smallest absolute Gasteiger partial charge is 0.202 e. The number of aryl methyl sites for hydroxylation is 1. The number of imidazole rings is 1. The summed E-state index contributed by atoms with van der Waals surface area (Å²) in [6.45, 7) is 0. The molecular weight excluding hydrogens is 366 g/mol. The lowest BCUT2D eigenvalue weighted by molar-refractivity contribution is 0.0984. The second-order valence-corrected chi connectivity index (χ2v) is 7.01. The van der Waals surface area contributed by atoms with E-state index in [4.69, 9.17) is 0 Å². The fraction of sp³-hybridized carbons (Fsp3) is 0.143. The largest absolute Gasteiger partial charge is 0.335 e. The van der Waals surface area contributed by atoms with Gasteiger partial charge in [0, 0.05) is 32.0 Å². The van der Waals surface area contributed by atoms with E-state index in [1.807, 2.05) is 67.5 Å². The molecule has 29 heavy (non-hydrogen) atoms. The number of carbonyl (C=O) groups excluding carboxylic acids is 1. The summed E-state index contributed by atoms with van der Waals surface area (Å²) in [6, 6.07) is 15.5. The summed E-state index contributed by atoms with van der Waals surface area (Å²) in [5.74, 6) is 2.01. The molecule has 8 heteroatoms. The molecule has 0 aliphatic rings. The van der Waals surface area contributed by atoms with Gasteiger partial charge in [-0.3, -0.25) is 14.6 Å². The van der Waals surface area contributed by atoms with Crippen molar-refractivity contribution in [1.29, 1.82) is 0 Å². The Balaban J connectivity index is 1.52. The van der Waals surface area contributed by atoms with E-state index in [2.05, 4.69) is 25.3 Å². The van der Waals surface area contributed by atoms with Crippen molar-refractivity contribution in [1.82, 2.24) is 29.9 Å². The van der Waals surface area contributed by atoms with Crippen molar-refractivity contribution in [2.75, 3.05) is 11.9 Å². The Morgan fingerprint density at radius 1 is 1.14 bits per heavy atom. The highest BCUT2D eigenvalue weighted by Crippen LogP contribution is 2.31. The molecule has 0 unspecified atom stereocenters. The first-order chi connectivity index (χ1) is 14.1. The van der Waals surface area contributed by atoms with E-state index in [1.54, 1.807) is 10.9 Å². The van der Waals surface area contributed by atoms with Crippen molar-refractivity contribution in [3.8, 4) is 0 Å². The molecule has 0 aliphatic heterocycles. The van der Waals surface area contributed by atoms with Crippen molar-refractivity contribution < 1.29 is 4.79 Å². The molecule has 0 radical (unpaired) electrons. The molecule has 144 valence electrons. The maximum absolute atomic E-state index is 12.7. The Bertz CT molecular complexity index is 1330. The summed E-state index contributed by atoms with van der Waals surface area (Å²) in [7, 11) is 3.83. The third kappa shape index (κ3) is 2.94. The average Bonchev–Trinajstić information content (AvgIpc) is 3.44. The Morgan fingerprint density at radius 2 is 1.97 bits per heavy atom. The third-order valence-electron chi connectivity index (χ3n) is 5.07. The van der Waals surface area contributed by atoms with Crippen LogP contribution >= 0.6 is 0 Å². The Hall–Kier alpha value is -3.94. The van der Waals surface area contributed by atoms with Crippen LogP contribution < -0.4 is 4.90 Å². The number of aromatic amines is 2. The zero-order chi connectivity index (χ0) is 20.0. The fourth-order valence-electron chi connectivity index (χ4n) is 3.56. The van der Waals surface area contributed by atoms with Gasteiger partial charge in [-0.2, -0.15) is 10.2 Å². The van der Waals surface area contributed by atoms with E-state index in [9.17, 15) is 4.79 Å². The van der Waals surface area contributed by atoms with Crippen LogP contribution in [0.5, 0.6) is 0 Å². The van der Waals surface area contributed by atoms with Gasteiger partial charge in [0.2, 0.25) is 5.78 Å². The van der Waals surface area contributed by atoms with Crippen LogP contribution in [0.4, 0.5) is 11.6 Å². The topological polar surface area (TPSA) is 95.5 Å². The molecule has 3 heterocycles. The number of carbonyl (C=O) groups is 1. The fourth-order valence-corrected chi connectivity index (χ4v) is 3.56. The standard InChI is InChI=1S/C21H19N7O/c1-27(19-8-9-22-28(19)2)21-14-11-16-17(12-15(14)25-26-21)24-20(23-16)18(29)10-13-6-4-3-5-7-13/h3-9,11-12H,10H2,1-2H3,(H,23,24)(H,25,26). The SMILES string of the molecule is CN(c1n[nH]c2cc3[nH]c(C(=O)Cc4ccccc4)nc3cc12)c1ccnn1C. The highest BCUT2D eigenvalue weighted by atomic mass is 16.1. The Kier molecular flexibility index (Phi) is 3.90. The number of fused-ring (bicyclic) bond motifs is 2. The van der Waals surface area contributed by atoms with Crippen LogP contribution in [0.15, 0.2) is 54.7 Å². The van der Waals surface area contributed by atoms with Crippen LogP contribution in [0.3, 0.4) is 0 Å². The number of benzene rings is 2. The quantitative estimate of drug-likeness (QED) is 0.452. The molecule has 0 fully saturated rings. The van der Waals surface area contributed by atoms with Gasteiger partial charge in [-0.25, -0.2) is 4.98 Å². The first-order valence-corrected chi connectivity index (χ1v) is 9.27. The van der Waals surface area contributed by atoms with Gasteiger partial charge in [-0.1, -0.05) is 30.3 Å². The predicted octanol–water partition coefficient (Wildman–Crippen LogP) is 3.37. The first kappa shape index (κ1) is 17.2. The number of Topliss-reactive ketones (excluding diaryl/α,β-unsaturated/α-hetero) is 1. The molecule has 2 aromatic carbocycles. The Labute approximate surface area is 166 Å². The molecule has 5 rings (SSSR count). The minimum atomic E-state index is -0.0404. The molecule has 0 saturated carbocycles. The second kappa shape index (κ2) is 6.59. The maximum atomic E-state index is 12.7. The molecule has 0 bridgehead atoms. The van der Waals surface area contributed by atoms with Gasteiger partial charge in [0.25, 0.3) is 0 Å². The number of aromatic nitrogens is 6. The van der Waals surface area contributed by atoms with Crippen molar-refractivity contribution in [2.45, 2.75) is 6.42 Å². The maximum Gasteiger partial charge on any atom is 0.202 e. The first-order valence-electron chi connectivity index (χ1n) is 9.27. The van der Waals surface area contributed by atoms with Crippen LogP contribution in [-0.2, 0) is 13.5 Å². The number of anilines is 2. The van der Waals surface area contributed by atoms with Gasteiger partial charge in [-0.05, 0) is 17.7 Å². The summed E-state index contributed by atoms with van der Waals surface area (Å²) >= 11 is 0. The third-order valence-corrected chi connectivity index (χ3v) is 5.07. The van der Waals surface area contributed by atoms with Crippen molar-refractivity contribution in [2.24, 2.45) is 7.05 Å². The lowest BCUT2D eigenvalue weighted by atomic mass is 10.1. The lowest BCUT2D eigenvalue weighted by Gasteiger charge is -2.16. The molecule has 0 aliphatic carbocycles. The molecule has 8 nitrogen and oxygen atoms in total. The molecule has 5 aromatic rings. The molecule has 0 saturated heterocycles. The van der Waals surface area contributed by atoms with E-state index in [-0.39, 0.29) is 5.78 Å². The number of hydrogen-bond acceptors (Lipinski definition) is 5. The van der Waals surface area contributed by atoms with Gasteiger partial charge in [0.05, 0.1) is 22.7 Å². The zero-order valence-electron chi connectivity index (χ0n) is 16.0. The summed E-state index contributed by atoms with van der Waals surface area (Å²) < 4.78 is 1.79. The van der Waals surface area contributed by atoms with Gasteiger partial charge in [0.15, 0.2) is 11.6 Å². The number of nitrogens with zero attached hydrogens (tertiary/aromatic N) is 5. The Morgan fingerprint density at radius 3 is 2.72 bits per heavy atom. The number of H-pyrrole nitrogens is 2. The number of rotatable bonds is 5. The predicted molar refractivity (Wildman–Crippen MR) is 111 cm³/mol. The normalized spacial score (nSPS) is 11.4. The molecule has 0 atom stereocenters. The highest BCUT2D eigenvalue weighted by molar-refractivity contribution is 6.03. The van der Waals surface area contributed by atoms with E-state index in [0.29, 0.717) is 12.2 Å². The van der Waals surface area contributed by atoms with Crippen LogP contribution in [-0.4, -0.2) is 42.8 Å². The summed E-state index contributed by atoms with van der Waals surface area (Å²) in [4.78, 5) is 22.3. The lowest BCUT2D eigenvalue weighted by Crippen LogP contribution is -2.14. The zero-order valence-corrected chi connectivity index (χ0v) is 16.0. The number of nitrogens with one attached hydrogen (secondary N) is 2. The number of ketones is 1. The van der Waals surface area contributed by atoms with Crippen LogP contribution in [0, 0.1) is 0 Å². The van der Waals surface area contributed by atoms with Crippen LogP contribution in [0.1, 0.15) is 16.2 Å². The van der Waals surface area contributed by atoms with Gasteiger partial charge in [0.1, 0.15) is 5.82 Å². The highest BCUT2D eigenvalue weighted by Gasteiger charge is 2.18. The van der Waals surface area contributed by atoms with Crippen LogP contribution in [0.25, 0.3) is 21.9 Å². The van der Waals surface area contributed by atoms with E-state index >= 15 is 0 Å². The van der Waals surface area contributed by atoms with Gasteiger partial charge in [-0.15, -0.1) is 0 Å². The van der Waals surface area contributed by atoms with Gasteiger partial charge >= 0.3 is 0 Å². The number of hydrogen-bond donors (Lipinski definition) is 2. The van der Waals surface area contributed by atoms with E-state index in [0.717, 1.165) is 39.1 Å². The van der Waals surface area contributed by atoms with E-state index < -0.39 is 0 Å². The second-order valence-electron chi connectivity index (χ2n) is 7.01. The minimum Gasteiger partial charge on any atom is -0.335 e. The van der Waals surface area contributed by atoms with Crippen molar-refractivity contribution >= 4 is 39.4 Å². The van der Waals surface area contributed by atoms with Crippen LogP contribution in [0.2, 0.25) is 0 Å².